The Balaban J connectivity index is 2.01. The van der Waals surface area contributed by atoms with Crippen molar-refractivity contribution in [3.8, 4) is 0 Å². The molecule has 0 spiro atoms. The number of anilines is 1. The van der Waals surface area contributed by atoms with Gasteiger partial charge in [0.05, 0.1) is 18.9 Å². The van der Waals surface area contributed by atoms with Crippen LogP contribution in [0.5, 0.6) is 0 Å². The summed E-state index contributed by atoms with van der Waals surface area (Å²) in [7, 11) is -3.66. The van der Waals surface area contributed by atoms with Crippen LogP contribution in [0.2, 0.25) is 0 Å². The number of rotatable bonds is 5. The zero-order valence-electron chi connectivity index (χ0n) is 12.0. The van der Waals surface area contributed by atoms with Gasteiger partial charge in [0.1, 0.15) is 4.21 Å². The van der Waals surface area contributed by atoms with E-state index in [-0.39, 0.29) is 4.21 Å². The maximum Gasteiger partial charge on any atom is 0.274 e. The molecule has 0 unspecified atom stereocenters. The Bertz CT molecular complexity index is 724. The second-order valence-electron chi connectivity index (χ2n) is 4.61. The third-order valence-corrected chi connectivity index (χ3v) is 6.69. The molecule has 0 amide bonds. The highest BCUT2D eigenvalue weighted by Crippen LogP contribution is 2.35. The molecule has 0 N–H and O–H groups in total. The number of aromatic nitrogens is 1. The lowest BCUT2D eigenvalue weighted by Gasteiger charge is -2.23. The molecular formula is C14H16N2O4S2. The Kier molecular flexibility index (Phi) is 4.44. The zero-order valence-corrected chi connectivity index (χ0v) is 13.6. The van der Waals surface area contributed by atoms with Crippen molar-refractivity contribution in [2.75, 3.05) is 24.1 Å². The molecule has 1 fully saturated rings. The topological polar surface area (TPSA) is 68.7 Å². The Morgan fingerprint density at radius 2 is 1.95 bits per heavy atom. The molecule has 3 heterocycles. The van der Waals surface area contributed by atoms with Gasteiger partial charge in [0.25, 0.3) is 10.0 Å². The summed E-state index contributed by atoms with van der Waals surface area (Å²) in [5.74, 6) is 0. The van der Waals surface area contributed by atoms with Gasteiger partial charge >= 0.3 is 0 Å². The molecule has 0 bridgehead atoms. The summed E-state index contributed by atoms with van der Waals surface area (Å²) in [6.07, 6.45) is 2.55. The SMILES string of the molecule is CCN(c1ccncc1)S(=O)(=O)c1sccc1C1OCCO1. The van der Waals surface area contributed by atoms with Crippen LogP contribution in [0.25, 0.3) is 0 Å². The maximum atomic E-state index is 13.0. The molecule has 0 aromatic carbocycles. The van der Waals surface area contributed by atoms with Crippen LogP contribution in [-0.4, -0.2) is 33.2 Å². The number of hydrogen-bond donors (Lipinski definition) is 0. The molecule has 1 aliphatic rings. The first-order chi connectivity index (χ1) is 10.6. The molecule has 2 aromatic rings. The molecular weight excluding hydrogens is 324 g/mol. The summed E-state index contributed by atoms with van der Waals surface area (Å²) in [6, 6.07) is 5.10. The van der Waals surface area contributed by atoms with E-state index in [1.165, 1.54) is 15.6 Å². The van der Waals surface area contributed by atoms with Crippen LogP contribution in [0.3, 0.4) is 0 Å². The molecule has 3 rings (SSSR count). The number of sulfonamides is 1. The Labute approximate surface area is 133 Å². The van der Waals surface area contributed by atoms with E-state index in [1.54, 1.807) is 42.9 Å². The van der Waals surface area contributed by atoms with Gasteiger partial charge in [0.2, 0.25) is 0 Å². The molecule has 1 saturated heterocycles. The molecule has 6 nitrogen and oxygen atoms in total. The van der Waals surface area contributed by atoms with E-state index >= 15 is 0 Å². The lowest BCUT2D eigenvalue weighted by atomic mass is 10.3. The normalized spacial score (nSPS) is 16.0. The van der Waals surface area contributed by atoms with Gasteiger partial charge in [0.15, 0.2) is 6.29 Å². The van der Waals surface area contributed by atoms with E-state index in [9.17, 15) is 8.42 Å². The Morgan fingerprint density at radius 3 is 2.59 bits per heavy atom. The molecule has 0 atom stereocenters. The number of pyridine rings is 1. The Morgan fingerprint density at radius 1 is 1.27 bits per heavy atom. The van der Waals surface area contributed by atoms with E-state index in [0.717, 1.165) is 0 Å². The second-order valence-corrected chi connectivity index (χ2v) is 7.59. The van der Waals surface area contributed by atoms with Gasteiger partial charge in [-0.05, 0) is 30.5 Å². The molecule has 0 aliphatic carbocycles. The predicted molar refractivity (Wildman–Crippen MR) is 83.4 cm³/mol. The van der Waals surface area contributed by atoms with Crippen LogP contribution in [0.15, 0.2) is 40.2 Å². The van der Waals surface area contributed by atoms with Crippen LogP contribution in [0.1, 0.15) is 18.8 Å². The van der Waals surface area contributed by atoms with Crippen LogP contribution >= 0.6 is 11.3 Å². The van der Waals surface area contributed by atoms with Gasteiger partial charge in [-0.1, -0.05) is 0 Å². The number of hydrogen-bond acceptors (Lipinski definition) is 6. The maximum absolute atomic E-state index is 13.0. The van der Waals surface area contributed by atoms with Gasteiger partial charge in [-0.25, -0.2) is 8.42 Å². The molecule has 0 radical (unpaired) electrons. The van der Waals surface area contributed by atoms with Gasteiger partial charge in [0, 0.05) is 24.5 Å². The van der Waals surface area contributed by atoms with Crippen LogP contribution in [-0.2, 0) is 19.5 Å². The van der Waals surface area contributed by atoms with Gasteiger partial charge < -0.3 is 9.47 Å². The Hall–Kier alpha value is -1.48. The van der Waals surface area contributed by atoms with Crippen molar-refractivity contribution in [1.29, 1.82) is 0 Å². The minimum atomic E-state index is -3.66. The number of nitrogens with zero attached hydrogens (tertiary/aromatic N) is 2. The minimum Gasteiger partial charge on any atom is -0.346 e. The number of thiophene rings is 1. The molecule has 22 heavy (non-hydrogen) atoms. The summed E-state index contributed by atoms with van der Waals surface area (Å²) in [4.78, 5) is 3.93. The average Bonchev–Trinajstić information content (AvgIpc) is 3.20. The summed E-state index contributed by atoms with van der Waals surface area (Å²) >= 11 is 1.18. The van der Waals surface area contributed by atoms with E-state index in [0.29, 0.717) is 31.0 Å². The van der Waals surface area contributed by atoms with Crippen molar-refractivity contribution in [2.45, 2.75) is 17.4 Å². The molecule has 118 valence electrons. The highest BCUT2D eigenvalue weighted by atomic mass is 32.2. The van der Waals surface area contributed by atoms with Crippen molar-refractivity contribution < 1.29 is 17.9 Å². The minimum absolute atomic E-state index is 0.262. The fourth-order valence-corrected chi connectivity index (χ4v) is 5.29. The van der Waals surface area contributed by atoms with E-state index < -0.39 is 16.3 Å². The van der Waals surface area contributed by atoms with Crippen molar-refractivity contribution in [3.05, 3.63) is 41.5 Å². The summed E-state index contributed by atoms with van der Waals surface area (Å²) in [6.45, 7) is 3.08. The molecule has 1 aliphatic heterocycles. The number of ether oxygens (including phenoxy) is 2. The lowest BCUT2D eigenvalue weighted by Crippen LogP contribution is -2.31. The summed E-state index contributed by atoms with van der Waals surface area (Å²) < 4.78 is 38.5. The smallest absolute Gasteiger partial charge is 0.274 e. The monoisotopic (exact) mass is 340 g/mol. The molecule has 2 aromatic heterocycles. The fraction of sp³-hybridized carbons (Fsp3) is 0.357. The average molecular weight is 340 g/mol. The van der Waals surface area contributed by atoms with E-state index in [2.05, 4.69) is 4.98 Å². The van der Waals surface area contributed by atoms with Crippen LogP contribution in [0.4, 0.5) is 5.69 Å². The lowest BCUT2D eigenvalue weighted by molar-refractivity contribution is -0.0456. The third kappa shape index (κ3) is 2.74. The largest absolute Gasteiger partial charge is 0.346 e. The molecule has 0 saturated carbocycles. The highest BCUT2D eigenvalue weighted by Gasteiger charge is 2.32. The van der Waals surface area contributed by atoms with Gasteiger partial charge in [-0.2, -0.15) is 0 Å². The van der Waals surface area contributed by atoms with Crippen LogP contribution in [0, 0.1) is 0 Å². The predicted octanol–water partition coefficient (Wildman–Crippen LogP) is 2.40. The quantitative estimate of drug-likeness (QED) is 0.836. The van der Waals surface area contributed by atoms with Gasteiger partial charge in [-0.15, -0.1) is 11.3 Å². The first-order valence-electron chi connectivity index (χ1n) is 6.88. The summed E-state index contributed by atoms with van der Waals surface area (Å²) in [5, 5.41) is 1.74. The van der Waals surface area contributed by atoms with E-state index in [4.69, 9.17) is 9.47 Å². The first kappa shape index (κ1) is 15.4. The van der Waals surface area contributed by atoms with Crippen LogP contribution < -0.4 is 4.31 Å². The van der Waals surface area contributed by atoms with Gasteiger partial charge in [-0.3, -0.25) is 9.29 Å². The standard InChI is InChI=1S/C14H16N2O4S2/c1-2-16(11-3-6-15-7-4-11)22(17,18)14-12(5-10-21-14)13-19-8-9-20-13/h3-7,10,13H,2,8-9H2,1H3. The van der Waals surface area contributed by atoms with E-state index in [1.807, 2.05) is 0 Å². The second kappa shape index (κ2) is 6.33. The van der Waals surface area contributed by atoms with Crippen molar-refractivity contribution in [1.82, 2.24) is 4.98 Å². The zero-order chi connectivity index (χ0) is 15.6. The van der Waals surface area contributed by atoms with Crippen molar-refractivity contribution in [3.63, 3.8) is 0 Å². The fourth-order valence-electron chi connectivity index (χ4n) is 2.33. The van der Waals surface area contributed by atoms with Crippen molar-refractivity contribution >= 4 is 27.0 Å². The summed E-state index contributed by atoms with van der Waals surface area (Å²) in [5.41, 5.74) is 1.15. The highest BCUT2D eigenvalue weighted by molar-refractivity contribution is 7.94. The first-order valence-corrected chi connectivity index (χ1v) is 9.20. The third-order valence-electron chi connectivity index (χ3n) is 3.30. The molecule has 8 heteroatoms. The van der Waals surface area contributed by atoms with Crippen molar-refractivity contribution in [2.24, 2.45) is 0 Å².